The van der Waals surface area contributed by atoms with Crippen LogP contribution in [0.4, 0.5) is 30.2 Å². The normalized spacial score (nSPS) is 13.6. The molecule has 34 heavy (non-hydrogen) atoms. The van der Waals surface area contributed by atoms with E-state index in [1.54, 1.807) is 18.1 Å². The summed E-state index contributed by atoms with van der Waals surface area (Å²) in [6, 6.07) is 13.9. The van der Waals surface area contributed by atoms with Gasteiger partial charge in [-0.2, -0.15) is 13.2 Å². The topological polar surface area (TPSA) is 57.6 Å². The van der Waals surface area contributed by atoms with E-state index in [9.17, 15) is 18.0 Å². The molecule has 176 valence electrons. The minimum absolute atomic E-state index is 0.0355. The first-order chi connectivity index (χ1) is 16.2. The molecule has 1 N–H and O–H groups in total. The Bertz CT molecular complexity index is 1270. The lowest BCUT2D eigenvalue weighted by Gasteiger charge is -2.24. The average molecular weight is 467 g/mol. The number of fused-ring (bicyclic) bond motifs is 1. The Hall–Kier alpha value is -3.68. The van der Waals surface area contributed by atoms with E-state index in [4.69, 9.17) is 0 Å². The summed E-state index contributed by atoms with van der Waals surface area (Å²) in [6.07, 6.45) is -2.18. The fraction of sp³-hybridized carbons (Fsp3) is 0.269. The standard InChI is InChI=1S/C26H25F3N4O/c1-4-10-33(3)24-14-23-22(13-20(24)26(27,28)29)32-25(34)15-21(31-23)19-7-5-6-17(12-19)18-8-9-30-16(2)11-18/h5-9,11-14H,4,10,15H2,1-3H3,(H,32,34). The molecule has 0 atom stereocenters. The molecule has 0 spiro atoms. The van der Waals surface area contributed by atoms with Crippen LogP contribution in [-0.4, -0.2) is 30.2 Å². The van der Waals surface area contributed by atoms with Crippen LogP contribution in [0.3, 0.4) is 0 Å². The number of pyridine rings is 1. The average Bonchev–Trinajstić information content (AvgIpc) is 2.95. The highest BCUT2D eigenvalue weighted by molar-refractivity contribution is 6.17. The maximum Gasteiger partial charge on any atom is 0.418 e. The van der Waals surface area contributed by atoms with Crippen molar-refractivity contribution >= 4 is 28.7 Å². The number of amides is 1. The van der Waals surface area contributed by atoms with Gasteiger partial charge >= 0.3 is 6.18 Å². The summed E-state index contributed by atoms with van der Waals surface area (Å²) in [6.45, 7) is 4.27. The summed E-state index contributed by atoms with van der Waals surface area (Å²) in [5.74, 6) is -0.412. The van der Waals surface area contributed by atoms with E-state index in [1.807, 2.05) is 50.2 Å². The van der Waals surface area contributed by atoms with Crippen LogP contribution < -0.4 is 10.2 Å². The van der Waals surface area contributed by atoms with Crippen molar-refractivity contribution in [1.29, 1.82) is 0 Å². The first-order valence-electron chi connectivity index (χ1n) is 11.0. The molecule has 1 aromatic heterocycles. The fourth-order valence-corrected chi connectivity index (χ4v) is 4.07. The van der Waals surface area contributed by atoms with Gasteiger partial charge in [-0.1, -0.05) is 25.1 Å². The van der Waals surface area contributed by atoms with Crippen molar-refractivity contribution in [2.45, 2.75) is 32.9 Å². The van der Waals surface area contributed by atoms with E-state index in [1.165, 1.54) is 6.07 Å². The minimum atomic E-state index is -4.56. The third kappa shape index (κ3) is 4.95. The number of halogens is 3. The van der Waals surface area contributed by atoms with Gasteiger partial charge in [-0.25, -0.2) is 0 Å². The number of carbonyl (C=O) groups is 1. The number of nitrogens with zero attached hydrogens (tertiary/aromatic N) is 3. The predicted octanol–water partition coefficient (Wildman–Crippen LogP) is 6.39. The number of aliphatic imine (C=N–C) groups is 1. The Kier molecular flexibility index (Phi) is 6.41. The molecule has 2 aromatic carbocycles. The molecule has 4 rings (SSSR count). The number of anilines is 2. The number of nitrogens with one attached hydrogen (secondary N) is 1. The van der Waals surface area contributed by atoms with Gasteiger partial charge in [-0.05, 0) is 60.4 Å². The number of aryl methyl sites for hydroxylation is 1. The Morgan fingerprint density at radius 2 is 1.79 bits per heavy atom. The third-order valence-electron chi connectivity index (χ3n) is 5.67. The van der Waals surface area contributed by atoms with Crippen molar-refractivity contribution in [2.75, 3.05) is 23.8 Å². The molecule has 0 bridgehead atoms. The van der Waals surface area contributed by atoms with Crippen molar-refractivity contribution in [2.24, 2.45) is 4.99 Å². The number of carbonyl (C=O) groups excluding carboxylic acids is 1. The molecule has 0 saturated carbocycles. The molecule has 0 aliphatic carbocycles. The maximum absolute atomic E-state index is 13.8. The van der Waals surface area contributed by atoms with Crippen LogP contribution >= 0.6 is 0 Å². The highest BCUT2D eigenvalue weighted by atomic mass is 19.4. The van der Waals surface area contributed by atoms with Crippen molar-refractivity contribution in [3.8, 4) is 11.1 Å². The number of benzene rings is 2. The van der Waals surface area contributed by atoms with Gasteiger partial charge in [-0.3, -0.25) is 14.8 Å². The molecule has 0 fully saturated rings. The third-order valence-corrected chi connectivity index (χ3v) is 5.67. The second-order valence-electron chi connectivity index (χ2n) is 8.36. The van der Waals surface area contributed by atoms with Crippen molar-refractivity contribution in [3.63, 3.8) is 0 Å². The molecule has 8 heteroatoms. The van der Waals surface area contributed by atoms with E-state index < -0.39 is 17.6 Å². The Balaban J connectivity index is 1.83. The molecule has 1 aliphatic rings. The van der Waals surface area contributed by atoms with Crippen molar-refractivity contribution in [3.05, 3.63) is 71.5 Å². The summed E-state index contributed by atoms with van der Waals surface area (Å²) in [7, 11) is 1.63. The van der Waals surface area contributed by atoms with E-state index in [-0.39, 0.29) is 17.8 Å². The number of alkyl halides is 3. The second-order valence-corrected chi connectivity index (χ2v) is 8.36. The zero-order valence-corrected chi connectivity index (χ0v) is 19.2. The fourth-order valence-electron chi connectivity index (χ4n) is 4.07. The molecule has 1 aliphatic heterocycles. The lowest BCUT2D eigenvalue weighted by atomic mass is 10.00. The lowest BCUT2D eigenvalue weighted by molar-refractivity contribution is -0.137. The molecular weight excluding hydrogens is 441 g/mol. The molecule has 5 nitrogen and oxygen atoms in total. The van der Waals surface area contributed by atoms with Gasteiger partial charge < -0.3 is 10.2 Å². The van der Waals surface area contributed by atoms with Gasteiger partial charge in [0, 0.05) is 25.5 Å². The monoisotopic (exact) mass is 466 g/mol. The Morgan fingerprint density at radius 3 is 2.50 bits per heavy atom. The number of hydrogen-bond acceptors (Lipinski definition) is 4. The van der Waals surface area contributed by atoms with E-state index in [2.05, 4.69) is 15.3 Å². The van der Waals surface area contributed by atoms with Crippen LogP contribution in [0.5, 0.6) is 0 Å². The number of rotatable bonds is 5. The summed E-state index contributed by atoms with van der Waals surface area (Å²) in [4.78, 5) is 23.1. The number of hydrogen-bond donors (Lipinski definition) is 1. The summed E-state index contributed by atoms with van der Waals surface area (Å²) >= 11 is 0. The highest BCUT2D eigenvalue weighted by Crippen LogP contribution is 2.43. The summed E-state index contributed by atoms with van der Waals surface area (Å²) < 4.78 is 41.4. The molecule has 0 radical (unpaired) electrons. The second kappa shape index (κ2) is 9.29. The summed E-state index contributed by atoms with van der Waals surface area (Å²) in [5, 5.41) is 2.61. The smallest absolute Gasteiger partial charge is 0.374 e. The zero-order valence-electron chi connectivity index (χ0n) is 19.2. The van der Waals surface area contributed by atoms with Crippen molar-refractivity contribution < 1.29 is 18.0 Å². The quantitative estimate of drug-likeness (QED) is 0.474. The van der Waals surface area contributed by atoms with Crippen LogP contribution in [0.1, 0.15) is 36.6 Å². The number of aromatic nitrogens is 1. The van der Waals surface area contributed by atoms with Crippen LogP contribution in [-0.2, 0) is 11.0 Å². The lowest BCUT2D eigenvalue weighted by Crippen LogP contribution is -2.22. The van der Waals surface area contributed by atoms with Gasteiger partial charge in [0.25, 0.3) is 0 Å². The van der Waals surface area contributed by atoms with Gasteiger partial charge in [0.15, 0.2) is 0 Å². The molecular formula is C26H25F3N4O. The van der Waals surface area contributed by atoms with Gasteiger partial charge in [0.2, 0.25) is 5.91 Å². The molecule has 1 amide bonds. The zero-order chi connectivity index (χ0) is 24.5. The van der Waals surface area contributed by atoms with Crippen molar-refractivity contribution in [1.82, 2.24) is 4.98 Å². The summed E-state index contributed by atoms with van der Waals surface area (Å²) in [5.41, 5.74) is 3.62. The van der Waals surface area contributed by atoms with E-state index in [0.29, 0.717) is 24.4 Å². The molecule has 2 heterocycles. The van der Waals surface area contributed by atoms with Crippen LogP contribution in [0, 0.1) is 6.92 Å². The first-order valence-corrected chi connectivity index (χ1v) is 11.0. The van der Waals surface area contributed by atoms with Crippen LogP contribution in [0.15, 0.2) is 59.7 Å². The van der Waals surface area contributed by atoms with Gasteiger partial charge in [0.1, 0.15) is 0 Å². The van der Waals surface area contributed by atoms with E-state index >= 15 is 0 Å². The highest BCUT2D eigenvalue weighted by Gasteiger charge is 2.36. The minimum Gasteiger partial charge on any atom is -0.374 e. The largest absolute Gasteiger partial charge is 0.418 e. The van der Waals surface area contributed by atoms with E-state index in [0.717, 1.165) is 28.5 Å². The molecule has 3 aromatic rings. The first kappa shape index (κ1) is 23.5. The van der Waals surface area contributed by atoms with Crippen LogP contribution in [0.2, 0.25) is 0 Å². The Morgan fingerprint density at radius 1 is 1.06 bits per heavy atom. The molecule has 0 saturated heterocycles. The van der Waals surface area contributed by atoms with Gasteiger partial charge in [0.05, 0.1) is 34.8 Å². The Labute approximate surface area is 196 Å². The van der Waals surface area contributed by atoms with Gasteiger partial charge in [-0.15, -0.1) is 0 Å². The molecule has 0 unspecified atom stereocenters. The SMILES string of the molecule is CCCN(C)c1cc2c(cc1C(F)(F)F)NC(=O)CC(c1cccc(-c3ccnc(C)c3)c1)=N2. The maximum atomic E-state index is 13.8. The predicted molar refractivity (Wildman–Crippen MR) is 129 cm³/mol. The van der Waals surface area contributed by atoms with Crippen LogP contribution in [0.25, 0.3) is 11.1 Å².